The number of hydrogen-bond donors (Lipinski definition) is 1. The van der Waals surface area contributed by atoms with Gasteiger partial charge in [0.1, 0.15) is 17.5 Å². The van der Waals surface area contributed by atoms with Gasteiger partial charge in [-0.15, -0.1) is 0 Å². The second kappa shape index (κ2) is 5.89. The number of aliphatic hydroxyl groups excluding tert-OH is 1. The summed E-state index contributed by atoms with van der Waals surface area (Å²) in [7, 11) is 0. The van der Waals surface area contributed by atoms with E-state index in [1.54, 1.807) is 6.07 Å². The van der Waals surface area contributed by atoms with E-state index < -0.39 is 19.3 Å². The summed E-state index contributed by atoms with van der Waals surface area (Å²) >= 11 is 5.61. The Hall–Kier alpha value is -1.52. The maximum absolute atomic E-state index is 12.3. The maximum Gasteiger partial charge on any atom is 0.405 e. The number of aliphatic hydroxyl groups is 1. The van der Waals surface area contributed by atoms with Crippen LogP contribution in [-0.4, -0.2) is 36.0 Å². The van der Waals surface area contributed by atoms with Crippen molar-refractivity contribution in [1.82, 2.24) is 4.98 Å². The standard InChI is InChI=1S/C10H9ClF3N3O/c11-8-3-7(5-15)4-9(16-8)17(1-2-18)6-10(12,13)14/h3-4,18H,1-2,6H2. The monoisotopic (exact) mass is 279 g/mol. The van der Waals surface area contributed by atoms with Gasteiger partial charge in [-0.05, 0) is 12.1 Å². The molecule has 0 aliphatic rings. The van der Waals surface area contributed by atoms with Crippen LogP contribution in [0.1, 0.15) is 5.56 Å². The summed E-state index contributed by atoms with van der Waals surface area (Å²) in [6, 6.07) is 4.21. The molecule has 0 radical (unpaired) electrons. The molecule has 0 atom stereocenters. The number of rotatable bonds is 4. The predicted octanol–water partition coefficient (Wildman–Crippen LogP) is 1.97. The summed E-state index contributed by atoms with van der Waals surface area (Å²) in [4.78, 5) is 4.53. The highest BCUT2D eigenvalue weighted by molar-refractivity contribution is 6.29. The zero-order valence-corrected chi connectivity index (χ0v) is 9.83. The van der Waals surface area contributed by atoms with Crippen LogP contribution in [0.15, 0.2) is 12.1 Å². The lowest BCUT2D eigenvalue weighted by molar-refractivity contribution is -0.120. The molecular formula is C10H9ClF3N3O. The largest absolute Gasteiger partial charge is 0.405 e. The van der Waals surface area contributed by atoms with Gasteiger partial charge in [-0.2, -0.15) is 18.4 Å². The van der Waals surface area contributed by atoms with Gasteiger partial charge in [0.05, 0.1) is 18.2 Å². The van der Waals surface area contributed by atoms with E-state index in [4.69, 9.17) is 22.0 Å². The van der Waals surface area contributed by atoms with E-state index in [2.05, 4.69) is 4.98 Å². The first kappa shape index (κ1) is 14.5. The van der Waals surface area contributed by atoms with Gasteiger partial charge < -0.3 is 10.0 Å². The molecule has 1 heterocycles. The average Bonchev–Trinajstić information content (AvgIpc) is 2.26. The van der Waals surface area contributed by atoms with Crippen molar-refractivity contribution in [1.29, 1.82) is 5.26 Å². The molecule has 0 amide bonds. The first-order valence-corrected chi connectivity index (χ1v) is 5.24. The van der Waals surface area contributed by atoms with E-state index in [1.165, 1.54) is 12.1 Å². The van der Waals surface area contributed by atoms with Gasteiger partial charge in [0.2, 0.25) is 0 Å². The molecule has 0 unspecified atom stereocenters. The minimum absolute atomic E-state index is 0.0748. The normalized spacial score (nSPS) is 11.1. The molecule has 0 fully saturated rings. The van der Waals surface area contributed by atoms with Crippen molar-refractivity contribution in [3.8, 4) is 6.07 Å². The highest BCUT2D eigenvalue weighted by Crippen LogP contribution is 2.23. The van der Waals surface area contributed by atoms with Gasteiger partial charge in [-0.3, -0.25) is 0 Å². The van der Waals surface area contributed by atoms with Crippen LogP contribution in [0.25, 0.3) is 0 Å². The summed E-state index contributed by atoms with van der Waals surface area (Å²) < 4.78 is 37.0. The SMILES string of the molecule is N#Cc1cc(Cl)nc(N(CCO)CC(F)(F)F)c1. The Balaban J connectivity index is 3.05. The van der Waals surface area contributed by atoms with Gasteiger partial charge in [0, 0.05) is 6.54 Å². The van der Waals surface area contributed by atoms with Crippen LogP contribution < -0.4 is 4.90 Å². The summed E-state index contributed by atoms with van der Waals surface area (Å²) in [6.45, 7) is -1.99. The van der Waals surface area contributed by atoms with Crippen LogP contribution in [0.2, 0.25) is 5.15 Å². The molecule has 0 bridgehead atoms. The van der Waals surface area contributed by atoms with Crippen molar-refractivity contribution in [3.63, 3.8) is 0 Å². The van der Waals surface area contributed by atoms with Crippen molar-refractivity contribution in [2.45, 2.75) is 6.18 Å². The molecule has 0 aromatic carbocycles. The molecule has 1 aromatic heterocycles. The van der Waals surface area contributed by atoms with Crippen LogP contribution in [0.5, 0.6) is 0 Å². The average molecular weight is 280 g/mol. The first-order valence-electron chi connectivity index (χ1n) is 4.86. The lowest BCUT2D eigenvalue weighted by atomic mass is 10.2. The van der Waals surface area contributed by atoms with Gasteiger partial charge in [0.15, 0.2) is 0 Å². The summed E-state index contributed by atoms with van der Waals surface area (Å²) in [6.07, 6.45) is -4.44. The zero-order valence-electron chi connectivity index (χ0n) is 9.08. The Kier molecular flexibility index (Phi) is 4.76. The molecule has 1 rings (SSSR count). The Morgan fingerprint density at radius 3 is 2.61 bits per heavy atom. The van der Waals surface area contributed by atoms with E-state index in [0.29, 0.717) is 0 Å². The number of anilines is 1. The van der Waals surface area contributed by atoms with Crippen molar-refractivity contribution in [3.05, 3.63) is 22.8 Å². The molecule has 4 nitrogen and oxygen atoms in total. The molecule has 0 aliphatic heterocycles. The molecule has 98 valence electrons. The smallest absolute Gasteiger partial charge is 0.395 e. The number of aromatic nitrogens is 1. The summed E-state index contributed by atoms with van der Waals surface area (Å²) in [5, 5.41) is 17.4. The van der Waals surface area contributed by atoms with E-state index in [0.717, 1.165) is 4.90 Å². The van der Waals surface area contributed by atoms with Gasteiger partial charge in [0.25, 0.3) is 0 Å². The fourth-order valence-corrected chi connectivity index (χ4v) is 1.53. The van der Waals surface area contributed by atoms with Crippen molar-refractivity contribution in [2.75, 3.05) is 24.6 Å². The number of alkyl halides is 3. The third kappa shape index (κ3) is 4.39. The molecule has 0 saturated heterocycles. The zero-order chi connectivity index (χ0) is 13.8. The van der Waals surface area contributed by atoms with Crippen LogP contribution in [0.3, 0.4) is 0 Å². The number of hydrogen-bond acceptors (Lipinski definition) is 4. The molecule has 0 spiro atoms. The van der Waals surface area contributed by atoms with Crippen LogP contribution in [0.4, 0.5) is 19.0 Å². The lowest BCUT2D eigenvalue weighted by Crippen LogP contribution is -2.36. The minimum Gasteiger partial charge on any atom is -0.395 e. The number of pyridine rings is 1. The second-order valence-corrected chi connectivity index (χ2v) is 3.80. The predicted molar refractivity (Wildman–Crippen MR) is 59.3 cm³/mol. The fraction of sp³-hybridized carbons (Fsp3) is 0.400. The van der Waals surface area contributed by atoms with Crippen molar-refractivity contribution < 1.29 is 18.3 Å². The molecule has 18 heavy (non-hydrogen) atoms. The topological polar surface area (TPSA) is 60.2 Å². The Labute approximate surface area is 106 Å². The van der Waals surface area contributed by atoms with Gasteiger partial charge >= 0.3 is 6.18 Å². The van der Waals surface area contributed by atoms with Crippen molar-refractivity contribution in [2.24, 2.45) is 0 Å². The first-order chi connectivity index (χ1) is 8.35. The number of halogens is 4. The fourth-order valence-electron chi connectivity index (χ4n) is 1.32. The molecule has 8 heteroatoms. The van der Waals surface area contributed by atoms with E-state index in [1.807, 2.05) is 0 Å². The third-order valence-corrected chi connectivity index (χ3v) is 2.17. The van der Waals surface area contributed by atoms with Gasteiger partial charge in [-0.1, -0.05) is 11.6 Å². The highest BCUT2D eigenvalue weighted by atomic mass is 35.5. The minimum atomic E-state index is -4.44. The molecule has 0 aliphatic carbocycles. The van der Waals surface area contributed by atoms with Gasteiger partial charge in [-0.25, -0.2) is 4.98 Å². The number of nitriles is 1. The molecule has 0 saturated carbocycles. The Morgan fingerprint density at radius 2 is 2.11 bits per heavy atom. The van der Waals surface area contributed by atoms with E-state index in [-0.39, 0.29) is 23.1 Å². The van der Waals surface area contributed by atoms with Crippen LogP contribution >= 0.6 is 11.6 Å². The third-order valence-electron chi connectivity index (χ3n) is 1.97. The van der Waals surface area contributed by atoms with Crippen LogP contribution in [-0.2, 0) is 0 Å². The van der Waals surface area contributed by atoms with E-state index in [9.17, 15) is 13.2 Å². The molecular weight excluding hydrogens is 271 g/mol. The summed E-state index contributed by atoms with van der Waals surface area (Å²) in [5.41, 5.74) is 0.107. The van der Waals surface area contributed by atoms with Crippen LogP contribution in [0, 0.1) is 11.3 Å². The molecule has 1 aromatic rings. The van der Waals surface area contributed by atoms with Crippen molar-refractivity contribution >= 4 is 17.4 Å². The Bertz CT molecular complexity index is 459. The lowest BCUT2D eigenvalue weighted by Gasteiger charge is -2.24. The highest BCUT2D eigenvalue weighted by Gasteiger charge is 2.31. The quantitative estimate of drug-likeness (QED) is 0.856. The number of nitrogens with zero attached hydrogens (tertiary/aromatic N) is 3. The summed E-state index contributed by atoms with van der Waals surface area (Å²) in [5.74, 6) is -0.0922. The molecule has 1 N–H and O–H groups in total. The second-order valence-electron chi connectivity index (χ2n) is 3.41. The Morgan fingerprint density at radius 1 is 1.44 bits per heavy atom. The maximum atomic E-state index is 12.3. The van der Waals surface area contributed by atoms with E-state index >= 15 is 0 Å².